The Morgan fingerprint density at radius 2 is 2.16 bits per heavy atom. The Balaban J connectivity index is 2.52. The van der Waals surface area contributed by atoms with Gasteiger partial charge in [0.1, 0.15) is 0 Å². The smallest absolute Gasteiger partial charge is 0.216 e. The first kappa shape index (κ1) is 16.3. The summed E-state index contributed by atoms with van der Waals surface area (Å²) in [5.41, 5.74) is 6.94. The molecule has 0 aliphatic heterocycles. The van der Waals surface area contributed by atoms with Crippen LogP contribution in [0.1, 0.15) is 25.8 Å². The van der Waals surface area contributed by atoms with E-state index in [-0.39, 0.29) is 11.8 Å². The lowest BCUT2D eigenvalue weighted by Crippen LogP contribution is -2.33. The van der Waals surface area contributed by atoms with Crippen LogP contribution < -0.4 is 10.5 Å². The zero-order valence-corrected chi connectivity index (χ0v) is 13.1. The van der Waals surface area contributed by atoms with E-state index in [1.165, 1.54) is 0 Å². The van der Waals surface area contributed by atoms with Crippen molar-refractivity contribution < 1.29 is 8.42 Å². The summed E-state index contributed by atoms with van der Waals surface area (Å²) in [7, 11) is -3.30. The van der Waals surface area contributed by atoms with E-state index in [2.05, 4.69) is 11.6 Å². The van der Waals surface area contributed by atoms with Gasteiger partial charge in [-0.1, -0.05) is 19.1 Å². The van der Waals surface area contributed by atoms with E-state index in [9.17, 15) is 8.42 Å². The highest BCUT2D eigenvalue weighted by Gasteiger charge is 2.15. The Kier molecular flexibility index (Phi) is 6.68. The lowest BCUT2D eigenvalue weighted by Gasteiger charge is -2.14. The number of hydrogen-bond donors (Lipinski definition) is 2. The van der Waals surface area contributed by atoms with E-state index < -0.39 is 10.0 Å². The van der Waals surface area contributed by atoms with Gasteiger partial charge < -0.3 is 5.73 Å². The average Bonchev–Trinajstić information content (AvgIpc) is 2.27. The third-order valence-corrected chi connectivity index (χ3v) is 5.00. The highest BCUT2D eigenvalue weighted by molar-refractivity contribution is 7.99. The maximum absolute atomic E-state index is 12.0. The molecule has 1 unspecified atom stereocenters. The fourth-order valence-corrected chi connectivity index (χ4v) is 3.96. The quantitative estimate of drug-likeness (QED) is 0.570. The minimum absolute atomic E-state index is 0.0245. The maximum Gasteiger partial charge on any atom is 0.216 e. The van der Waals surface area contributed by atoms with Crippen LogP contribution in [0.25, 0.3) is 0 Å². The van der Waals surface area contributed by atoms with Gasteiger partial charge in [-0.05, 0) is 42.5 Å². The number of benzene rings is 1. The van der Waals surface area contributed by atoms with Crippen molar-refractivity contribution in [2.24, 2.45) is 0 Å². The van der Waals surface area contributed by atoms with Crippen LogP contribution in [0.4, 0.5) is 5.69 Å². The number of anilines is 1. The molecule has 0 aromatic heterocycles. The van der Waals surface area contributed by atoms with E-state index in [1.807, 2.05) is 18.7 Å². The molecule has 0 fully saturated rings. The van der Waals surface area contributed by atoms with Crippen molar-refractivity contribution >= 4 is 27.5 Å². The van der Waals surface area contributed by atoms with Crippen LogP contribution in [0.3, 0.4) is 0 Å². The van der Waals surface area contributed by atoms with Crippen molar-refractivity contribution in [3.63, 3.8) is 0 Å². The molecule has 1 aromatic rings. The number of rotatable bonds is 8. The fraction of sp³-hybridized carbons (Fsp3) is 0.538. The summed E-state index contributed by atoms with van der Waals surface area (Å²) in [4.78, 5) is 0. The second-order valence-corrected chi connectivity index (χ2v) is 7.66. The van der Waals surface area contributed by atoms with E-state index in [1.54, 1.807) is 24.3 Å². The molecule has 19 heavy (non-hydrogen) atoms. The molecule has 108 valence electrons. The van der Waals surface area contributed by atoms with Crippen LogP contribution in [-0.2, 0) is 15.8 Å². The molecule has 0 bridgehead atoms. The summed E-state index contributed by atoms with van der Waals surface area (Å²) in [6, 6.07) is 6.93. The second-order valence-electron chi connectivity index (χ2n) is 4.51. The first-order chi connectivity index (χ1) is 8.93. The fourth-order valence-electron chi connectivity index (χ4n) is 1.71. The van der Waals surface area contributed by atoms with Gasteiger partial charge in [0.15, 0.2) is 0 Å². The zero-order valence-electron chi connectivity index (χ0n) is 11.4. The standard InChI is InChI=1S/C13H22N2O2S2/c1-3-18-8-7-11(2)15-19(16,17)10-12-5-4-6-13(14)9-12/h4-6,9,11,15H,3,7-8,10,14H2,1-2H3. The molecule has 0 aliphatic rings. The van der Waals surface area contributed by atoms with Crippen LogP contribution in [0.2, 0.25) is 0 Å². The van der Waals surface area contributed by atoms with Gasteiger partial charge in [-0.25, -0.2) is 13.1 Å². The summed E-state index contributed by atoms with van der Waals surface area (Å²) in [6.45, 7) is 3.99. The minimum atomic E-state index is -3.30. The molecule has 6 heteroatoms. The van der Waals surface area contributed by atoms with Crippen molar-refractivity contribution in [3.05, 3.63) is 29.8 Å². The molecular weight excluding hydrogens is 280 g/mol. The Hall–Kier alpha value is -0.720. The van der Waals surface area contributed by atoms with E-state index in [4.69, 9.17) is 5.73 Å². The summed E-state index contributed by atoms with van der Waals surface area (Å²) < 4.78 is 26.7. The van der Waals surface area contributed by atoms with Gasteiger partial charge in [0.05, 0.1) is 5.75 Å². The van der Waals surface area contributed by atoms with Crippen LogP contribution in [-0.4, -0.2) is 26.0 Å². The minimum Gasteiger partial charge on any atom is -0.399 e. The van der Waals surface area contributed by atoms with Gasteiger partial charge in [0, 0.05) is 11.7 Å². The van der Waals surface area contributed by atoms with Crippen LogP contribution in [0.5, 0.6) is 0 Å². The van der Waals surface area contributed by atoms with Gasteiger partial charge in [-0.15, -0.1) is 0 Å². The van der Waals surface area contributed by atoms with Gasteiger partial charge in [-0.3, -0.25) is 0 Å². The number of thioether (sulfide) groups is 1. The summed E-state index contributed by atoms with van der Waals surface area (Å²) in [6.07, 6.45) is 0.842. The first-order valence-electron chi connectivity index (χ1n) is 6.35. The molecule has 0 saturated carbocycles. The van der Waals surface area contributed by atoms with Crippen molar-refractivity contribution in [3.8, 4) is 0 Å². The van der Waals surface area contributed by atoms with Gasteiger partial charge in [-0.2, -0.15) is 11.8 Å². The monoisotopic (exact) mass is 302 g/mol. The predicted octanol–water partition coefficient (Wildman–Crippen LogP) is 2.22. The highest BCUT2D eigenvalue weighted by Crippen LogP contribution is 2.11. The molecule has 3 N–H and O–H groups in total. The lowest BCUT2D eigenvalue weighted by atomic mass is 10.2. The molecule has 0 radical (unpaired) electrons. The third-order valence-electron chi connectivity index (χ3n) is 2.59. The molecule has 4 nitrogen and oxygen atoms in total. The Labute approximate surface area is 120 Å². The van der Waals surface area contributed by atoms with Gasteiger partial charge >= 0.3 is 0 Å². The molecular formula is C13H22N2O2S2. The topological polar surface area (TPSA) is 72.2 Å². The average molecular weight is 302 g/mol. The SMILES string of the molecule is CCSCCC(C)NS(=O)(=O)Cc1cccc(N)c1. The number of nitrogens with two attached hydrogens (primary N) is 1. The van der Waals surface area contributed by atoms with Crippen molar-refractivity contribution in [1.82, 2.24) is 4.72 Å². The van der Waals surface area contributed by atoms with Crippen LogP contribution >= 0.6 is 11.8 Å². The number of sulfonamides is 1. The third kappa shape index (κ3) is 6.84. The Bertz CT molecular complexity index is 489. The normalized spacial score (nSPS) is 13.4. The van der Waals surface area contributed by atoms with Crippen molar-refractivity contribution in [2.45, 2.75) is 32.1 Å². The molecule has 0 heterocycles. The Morgan fingerprint density at radius 1 is 1.42 bits per heavy atom. The van der Waals surface area contributed by atoms with Gasteiger partial charge in [0.25, 0.3) is 0 Å². The number of nitrogens with one attached hydrogen (secondary N) is 1. The molecule has 0 amide bonds. The molecule has 0 aliphatic carbocycles. The second kappa shape index (κ2) is 7.77. The van der Waals surface area contributed by atoms with Crippen LogP contribution in [0, 0.1) is 0 Å². The van der Waals surface area contributed by atoms with Crippen molar-refractivity contribution in [2.75, 3.05) is 17.2 Å². The molecule has 1 atom stereocenters. The summed E-state index contributed by atoms with van der Waals surface area (Å²) >= 11 is 1.82. The summed E-state index contributed by atoms with van der Waals surface area (Å²) in [5, 5.41) is 0. The Morgan fingerprint density at radius 3 is 2.79 bits per heavy atom. The number of nitrogen functional groups attached to an aromatic ring is 1. The molecule has 0 saturated heterocycles. The predicted molar refractivity (Wildman–Crippen MR) is 83.7 cm³/mol. The summed E-state index contributed by atoms with van der Waals surface area (Å²) in [5.74, 6) is 2.00. The van der Waals surface area contributed by atoms with Crippen molar-refractivity contribution in [1.29, 1.82) is 0 Å². The first-order valence-corrected chi connectivity index (χ1v) is 9.16. The number of hydrogen-bond acceptors (Lipinski definition) is 4. The zero-order chi connectivity index (χ0) is 14.3. The highest BCUT2D eigenvalue weighted by atomic mass is 32.2. The molecule has 1 rings (SSSR count). The lowest BCUT2D eigenvalue weighted by molar-refractivity contribution is 0.556. The maximum atomic E-state index is 12.0. The molecule has 1 aromatic carbocycles. The largest absolute Gasteiger partial charge is 0.399 e. The van der Waals surface area contributed by atoms with E-state index in [0.29, 0.717) is 11.3 Å². The van der Waals surface area contributed by atoms with Crippen LogP contribution in [0.15, 0.2) is 24.3 Å². The van der Waals surface area contributed by atoms with E-state index in [0.717, 1.165) is 17.9 Å². The molecule has 0 spiro atoms. The van der Waals surface area contributed by atoms with E-state index >= 15 is 0 Å². The van der Waals surface area contributed by atoms with Gasteiger partial charge in [0.2, 0.25) is 10.0 Å².